The van der Waals surface area contributed by atoms with Crippen molar-refractivity contribution in [3.63, 3.8) is 0 Å². The number of nitrogens with zero attached hydrogens (tertiary/aromatic N) is 6. The summed E-state index contributed by atoms with van der Waals surface area (Å²) in [5.41, 5.74) is 1.48. The van der Waals surface area contributed by atoms with Crippen molar-refractivity contribution in [2.75, 3.05) is 7.11 Å². The van der Waals surface area contributed by atoms with Crippen molar-refractivity contribution < 1.29 is 26.7 Å². The molecule has 5 aromatic rings. The molecule has 1 saturated carbocycles. The lowest BCUT2D eigenvalue weighted by Gasteiger charge is -2.11. The number of benzene rings is 1. The van der Waals surface area contributed by atoms with Gasteiger partial charge in [-0.2, -0.15) is 18.3 Å². The number of hydrogen-bond donors (Lipinski definition) is 1. The Morgan fingerprint density at radius 3 is 2.46 bits per heavy atom. The fraction of sp³-hybridized carbons (Fsp3) is 0.269. The van der Waals surface area contributed by atoms with Crippen LogP contribution >= 0.6 is 0 Å². The molecule has 0 amide bonds. The van der Waals surface area contributed by atoms with Crippen molar-refractivity contribution in [1.29, 1.82) is 0 Å². The van der Waals surface area contributed by atoms with Crippen molar-refractivity contribution >= 4 is 11.0 Å². The normalized spacial score (nSPS) is 13.8. The minimum Gasteiger partial charge on any atom is -0.480 e. The minimum atomic E-state index is -4.74. The first-order valence-corrected chi connectivity index (χ1v) is 12.0. The molecule has 1 fully saturated rings. The van der Waals surface area contributed by atoms with E-state index in [0.717, 1.165) is 36.7 Å². The second-order valence-corrected chi connectivity index (χ2v) is 9.35. The zero-order valence-electron chi connectivity index (χ0n) is 20.6. The molecule has 0 spiro atoms. The molecule has 6 rings (SSSR count). The Kier molecular flexibility index (Phi) is 5.81. The van der Waals surface area contributed by atoms with E-state index in [-0.39, 0.29) is 23.6 Å². The van der Waals surface area contributed by atoms with Gasteiger partial charge in [-0.15, -0.1) is 0 Å². The third-order valence-electron chi connectivity index (χ3n) is 6.58. The molecule has 1 aliphatic rings. The summed E-state index contributed by atoms with van der Waals surface area (Å²) < 4.78 is 75.4. The van der Waals surface area contributed by atoms with Crippen molar-refractivity contribution in [2.45, 2.75) is 38.3 Å². The molecule has 0 saturated heterocycles. The van der Waals surface area contributed by atoms with Crippen LogP contribution in [0.25, 0.3) is 28.1 Å². The second kappa shape index (κ2) is 9.10. The van der Waals surface area contributed by atoms with Crippen LogP contribution in [0.2, 0.25) is 0 Å². The molecule has 0 aliphatic heterocycles. The number of nitrogens with one attached hydrogen (secondary N) is 1. The molecule has 8 nitrogen and oxygen atoms in total. The molecule has 39 heavy (non-hydrogen) atoms. The van der Waals surface area contributed by atoms with Gasteiger partial charge < -0.3 is 9.72 Å². The zero-order chi connectivity index (χ0) is 27.5. The van der Waals surface area contributed by atoms with Gasteiger partial charge in [-0.3, -0.25) is 0 Å². The first kappa shape index (κ1) is 24.9. The van der Waals surface area contributed by atoms with Crippen molar-refractivity contribution in [2.24, 2.45) is 0 Å². The predicted octanol–water partition coefficient (Wildman–Crippen LogP) is 5.68. The van der Waals surface area contributed by atoms with E-state index in [1.807, 2.05) is 0 Å². The number of ether oxygens (including phenoxy) is 1. The molecule has 4 heterocycles. The number of rotatable bonds is 6. The lowest BCUT2D eigenvalue weighted by Crippen LogP contribution is -2.10. The Morgan fingerprint density at radius 1 is 1.08 bits per heavy atom. The summed E-state index contributed by atoms with van der Waals surface area (Å²) in [7, 11) is 1.50. The van der Waals surface area contributed by atoms with E-state index >= 15 is 8.78 Å². The van der Waals surface area contributed by atoms with Crippen LogP contribution in [0.5, 0.6) is 5.88 Å². The van der Waals surface area contributed by atoms with E-state index in [2.05, 4.69) is 25.0 Å². The largest absolute Gasteiger partial charge is 0.480 e. The SMILES string of the molecule is COc1ncnc(C2CC2)c1-c1ncc2[nH]cc(Cc3cc(F)c(-n4nc(C(F)(F)F)cc4C)c(F)c3)c2n1. The number of halogens is 5. The summed E-state index contributed by atoms with van der Waals surface area (Å²) in [5.74, 6) is -1.09. The van der Waals surface area contributed by atoms with Gasteiger partial charge in [0, 0.05) is 29.8 Å². The maximum atomic E-state index is 15.1. The summed E-state index contributed by atoms with van der Waals surface area (Å²) in [6.07, 6.45) is 2.05. The average Bonchev–Trinajstić information content (AvgIpc) is 3.56. The predicted molar refractivity (Wildman–Crippen MR) is 129 cm³/mol. The molecule has 1 aromatic carbocycles. The molecule has 0 unspecified atom stereocenters. The molecule has 0 bridgehead atoms. The topological polar surface area (TPSA) is 94.4 Å². The Labute approximate surface area is 217 Å². The number of methoxy groups -OCH3 is 1. The Balaban J connectivity index is 1.37. The van der Waals surface area contributed by atoms with E-state index < -0.39 is 29.2 Å². The summed E-state index contributed by atoms with van der Waals surface area (Å²) in [6, 6.07) is 2.89. The molecule has 200 valence electrons. The van der Waals surface area contributed by atoms with E-state index in [0.29, 0.717) is 38.5 Å². The van der Waals surface area contributed by atoms with Gasteiger partial charge in [-0.1, -0.05) is 0 Å². The molecule has 0 atom stereocenters. The van der Waals surface area contributed by atoms with Crippen LogP contribution in [0.15, 0.2) is 36.9 Å². The number of aromatic amines is 1. The summed E-state index contributed by atoms with van der Waals surface area (Å²) in [5, 5.41) is 3.36. The van der Waals surface area contributed by atoms with E-state index in [1.54, 1.807) is 12.4 Å². The quantitative estimate of drug-likeness (QED) is 0.278. The van der Waals surface area contributed by atoms with Crippen LogP contribution in [0.3, 0.4) is 0 Å². The molecule has 1 N–H and O–H groups in total. The van der Waals surface area contributed by atoms with Gasteiger partial charge in [0.2, 0.25) is 5.88 Å². The van der Waals surface area contributed by atoms with E-state index in [4.69, 9.17) is 9.72 Å². The Bertz CT molecular complexity index is 1700. The van der Waals surface area contributed by atoms with Gasteiger partial charge in [-0.05, 0) is 43.5 Å². The lowest BCUT2D eigenvalue weighted by molar-refractivity contribution is -0.141. The summed E-state index contributed by atoms with van der Waals surface area (Å²) >= 11 is 0. The molecule has 1 aliphatic carbocycles. The van der Waals surface area contributed by atoms with E-state index in [1.165, 1.54) is 20.4 Å². The van der Waals surface area contributed by atoms with Gasteiger partial charge in [0.1, 0.15) is 17.6 Å². The monoisotopic (exact) mass is 541 g/mol. The first-order valence-electron chi connectivity index (χ1n) is 12.0. The average molecular weight is 541 g/mol. The van der Waals surface area contributed by atoms with Crippen LogP contribution in [-0.2, 0) is 12.6 Å². The highest BCUT2D eigenvalue weighted by Crippen LogP contribution is 2.45. The highest BCUT2D eigenvalue weighted by molar-refractivity contribution is 5.81. The highest BCUT2D eigenvalue weighted by atomic mass is 19.4. The Hall–Kier alpha value is -4.42. The number of alkyl halides is 3. The standard InChI is InChI=1S/C26H20F5N7O/c1-12-5-19(26(29,30)31)37-38(12)23-16(27)7-13(8-17(23)28)6-15-9-32-18-10-33-24(36-21(15)18)20-22(14-3-4-14)34-11-35-25(20)39-2/h5,7-11,14,32H,3-4,6H2,1-2H3. The maximum absolute atomic E-state index is 15.1. The van der Waals surface area contributed by atoms with Gasteiger partial charge in [0.15, 0.2) is 23.2 Å². The second-order valence-electron chi connectivity index (χ2n) is 9.35. The van der Waals surface area contributed by atoms with Crippen LogP contribution in [0, 0.1) is 18.6 Å². The van der Waals surface area contributed by atoms with Gasteiger partial charge in [0.05, 0.1) is 30.0 Å². The third kappa shape index (κ3) is 4.47. The zero-order valence-corrected chi connectivity index (χ0v) is 20.6. The summed E-state index contributed by atoms with van der Waals surface area (Å²) in [4.78, 5) is 20.9. The highest BCUT2D eigenvalue weighted by Gasteiger charge is 2.35. The first-order chi connectivity index (χ1) is 18.6. The lowest BCUT2D eigenvalue weighted by atomic mass is 10.1. The number of H-pyrrole nitrogens is 1. The van der Waals surface area contributed by atoms with Crippen LogP contribution < -0.4 is 4.74 Å². The third-order valence-corrected chi connectivity index (χ3v) is 6.58. The number of aromatic nitrogens is 7. The van der Waals surface area contributed by atoms with Crippen LogP contribution in [0.4, 0.5) is 22.0 Å². The Morgan fingerprint density at radius 2 is 1.82 bits per heavy atom. The molecular formula is C26H20F5N7O. The van der Waals surface area contributed by atoms with Crippen molar-refractivity contribution in [3.05, 3.63) is 76.8 Å². The summed E-state index contributed by atoms with van der Waals surface area (Å²) in [6.45, 7) is 1.29. The van der Waals surface area contributed by atoms with Gasteiger partial charge >= 0.3 is 6.18 Å². The number of aryl methyl sites for hydroxylation is 1. The fourth-order valence-electron chi connectivity index (χ4n) is 4.62. The van der Waals surface area contributed by atoms with Gasteiger partial charge in [0.25, 0.3) is 0 Å². The van der Waals surface area contributed by atoms with Crippen molar-refractivity contribution in [1.82, 2.24) is 34.7 Å². The van der Waals surface area contributed by atoms with Crippen LogP contribution in [0.1, 0.15) is 47.0 Å². The minimum absolute atomic E-state index is 0.0559. The van der Waals surface area contributed by atoms with Gasteiger partial charge in [-0.25, -0.2) is 33.4 Å². The number of hydrogen-bond acceptors (Lipinski definition) is 6. The smallest absolute Gasteiger partial charge is 0.435 e. The van der Waals surface area contributed by atoms with Crippen molar-refractivity contribution in [3.8, 4) is 23.0 Å². The molecule has 13 heteroatoms. The number of fused-ring (bicyclic) bond motifs is 1. The van der Waals surface area contributed by atoms with E-state index in [9.17, 15) is 13.2 Å². The fourth-order valence-corrected chi connectivity index (χ4v) is 4.62. The van der Waals surface area contributed by atoms with Crippen LogP contribution in [-0.4, -0.2) is 41.8 Å². The maximum Gasteiger partial charge on any atom is 0.435 e. The molecular weight excluding hydrogens is 521 g/mol. The molecule has 4 aromatic heterocycles. The molecule has 0 radical (unpaired) electrons.